The van der Waals surface area contributed by atoms with Crippen LogP contribution in [0.1, 0.15) is 22.8 Å². The molecule has 0 unspecified atom stereocenters. The van der Waals surface area contributed by atoms with Crippen LogP contribution in [0.25, 0.3) is 0 Å². The van der Waals surface area contributed by atoms with Crippen LogP contribution in [0.5, 0.6) is 11.5 Å². The first-order chi connectivity index (χ1) is 11.0. The fraction of sp³-hybridized carbons (Fsp3) is 0.211. The lowest BCUT2D eigenvalue weighted by Gasteiger charge is -2.10. The maximum atomic E-state index is 12.5. The molecule has 23 heavy (non-hydrogen) atoms. The van der Waals surface area contributed by atoms with Crippen molar-refractivity contribution < 1.29 is 14.3 Å². The van der Waals surface area contributed by atoms with E-state index in [9.17, 15) is 4.79 Å². The SMILES string of the molecule is COc1ccc(OC)c(C(=O)/C=C(\C)Nc2ccc(C)cc2)c1. The molecule has 0 aliphatic carbocycles. The van der Waals surface area contributed by atoms with Crippen molar-refractivity contribution in [2.75, 3.05) is 19.5 Å². The van der Waals surface area contributed by atoms with Gasteiger partial charge in [-0.3, -0.25) is 4.79 Å². The van der Waals surface area contributed by atoms with E-state index >= 15 is 0 Å². The molecule has 2 aromatic rings. The van der Waals surface area contributed by atoms with E-state index < -0.39 is 0 Å². The molecule has 0 bridgehead atoms. The molecular formula is C19H21NO3. The second kappa shape index (κ2) is 7.49. The number of carbonyl (C=O) groups is 1. The highest BCUT2D eigenvalue weighted by atomic mass is 16.5. The number of allylic oxidation sites excluding steroid dienone is 2. The van der Waals surface area contributed by atoms with Crippen LogP contribution in [0.15, 0.2) is 54.2 Å². The summed E-state index contributed by atoms with van der Waals surface area (Å²) in [7, 11) is 3.11. The van der Waals surface area contributed by atoms with Gasteiger partial charge in [0.05, 0.1) is 19.8 Å². The van der Waals surface area contributed by atoms with Gasteiger partial charge in [0, 0.05) is 17.5 Å². The lowest BCUT2D eigenvalue weighted by molar-refractivity contribution is 0.104. The lowest BCUT2D eigenvalue weighted by Crippen LogP contribution is -2.04. The number of anilines is 1. The predicted molar refractivity (Wildman–Crippen MR) is 92.4 cm³/mol. The topological polar surface area (TPSA) is 47.6 Å². The number of methoxy groups -OCH3 is 2. The van der Waals surface area contributed by atoms with Gasteiger partial charge in [0.1, 0.15) is 11.5 Å². The maximum Gasteiger partial charge on any atom is 0.191 e. The molecular weight excluding hydrogens is 290 g/mol. The molecule has 0 saturated carbocycles. The summed E-state index contributed by atoms with van der Waals surface area (Å²) in [5.74, 6) is 1.000. The van der Waals surface area contributed by atoms with E-state index in [1.165, 1.54) is 5.56 Å². The molecule has 0 spiro atoms. The number of nitrogens with one attached hydrogen (secondary N) is 1. The maximum absolute atomic E-state index is 12.5. The van der Waals surface area contributed by atoms with Crippen LogP contribution in [0, 0.1) is 6.92 Å². The zero-order chi connectivity index (χ0) is 16.8. The summed E-state index contributed by atoms with van der Waals surface area (Å²) >= 11 is 0. The van der Waals surface area contributed by atoms with E-state index in [1.807, 2.05) is 38.1 Å². The second-order valence-electron chi connectivity index (χ2n) is 5.25. The normalized spacial score (nSPS) is 11.0. The molecule has 0 radical (unpaired) electrons. The highest BCUT2D eigenvalue weighted by Crippen LogP contribution is 2.25. The van der Waals surface area contributed by atoms with Gasteiger partial charge in [-0.25, -0.2) is 0 Å². The molecule has 0 amide bonds. The molecule has 1 N–H and O–H groups in total. The third kappa shape index (κ3) is 4.36. The number of carbonyl (C=O) groups excluding carboxylic acids is 1. The largest absolute Gasteiger partial charge is 0.497 e. The zero-order valence-electron chi connectivity index (χ0n) is 13.8. The number of ketones is 1. The first-order valence-corrected chi connectivity index (χ1v) is 7.32. The van der Waals surface area contributed by atoms with Gasteiger partial charge in [-0.1, -0.05) is 17.7 Å². The summed E-state index contributed by atoms with van der Waals surface area (Å²) in [6, 6.07) is 13.1. The first-order valence-electron chi connectivity index (χ1n) is 7.32. The molecule has 4 heteroatoms. The Hall–Kier alpha value is -2.75. The fourth-order valence-corrected chi connectivity index (χ4v) is 2.18. The fourth-order valence-electron chi connectivity index (χ4n) is 2.18. The van der Waals surface area contributed by atoms with Gasteiger partial charge in [-0.05, 0) is 44.2 Å². The monoisotopic (exact) mass is 311 g/mol. The van der Waals surface area contributed by atoms with Crippen molar-refractivity contribution in [3.8, 4) is 11.5 Å². The Morgan fingerprint density at radius 3 is 2.35 bits per heavy atom. The summed E-state index contributed by atoms with van der Waals surface area (Å²) < 4.78 is 10.4. The van der Waals surface area contributed by atoms with Crippen LogP contribution in [0.3, 0.4) is 0 Å². The molecule has 4 nitrogen and oxygen atoms in total. The van der Waals surface area contributed by atoms with Crippen molar-refractivity contribution in [1.29, 1.82) is 0 Å². The molecule has 0 atom stereocenters. The smallest absolute Gasteiger partial charge is 0.191 e. The minimum Gasteiger partial charge on any atom is -0.497 e. The third-order valence-electron chi connectivity index (χ3n) is 3.41. The number of aryl methyl sites for hydroxylation is 1. The lowest BCUT2D eigenvalue weighted by atomic mass is 10.1. The third-order valence-corrected chi connectivity index (χ3v) is 3.41. The zero-order valence-corrected chi connectivity index (χ0v) is 13.8. The van der Waals surface area contributed by atoms with E-state index in [1.54, 1.807) is 38.5 Å². The van der Waals surface area contributed by atoms with Crippen molar-refractivity contribution in [3.05, 3.63) is 65.4 Å². The van der Waals surface area contributed by atoms with E-state index in [0.29, 0.717) is 17.1 Å². The Morgan fingerprint density at radius 1 is 1.04 bits per heavy atom. The van der Waals surface area contributed by atoms with Gasteiger partial charge in [-0.2, -0.15) is 0 Å². The standard InChI is InChI=1S/C19H21NO3/c1-13-5-7-15(8-6-13)20-14(2)11-18(21)17-12-16(22-3)9-10-19(17)23-4/h5-12,20H,1-4H3/b14-11+. The summed E-state index contributed by atoms with van der Waals surface area (Å²) in [5.41, 5.74) is 3.35. The summed E-state index contributed by atoms with van der Waals surface area (Å²) in [4.78, 5) is 12.5. The van der Waals surface area contributed by atoms with Crippen molar-refractivity contribution in [2.45, 2.75) is 13.8 Å². The summed E-state index contributed by atoms with van der Waals surface area (Å²) in [5, 5.41) is 3.20. The Bertz CT molecular complexity index is 718. The highest BCUT2D eigenvalue weighted by molar-refractivity contribution is 6.07. The minimum absolute atomic E-state index is 0.141. The Morgan fingerprint density at radius 2 is 1.74 bits per heavy atom. The van der Waals surface area contributed by atoms with E-state index in [-0.39, 0.29) is 5.78 Å². The van der Waals surface area contributed by atoms with Crippen molar-refractivity contribution >= 4 is 11.5 Å². The molecule has 0 aliphatic heterocycles. The van der Waals surface area contributed by atoms with Crippen LogP contribution in [0.4, 0.5) is 5.69 Å². The van der Waals surface area contributed by atoms with E-state index in [0.717, 1.165) is 11.4 Å². The molecule has 0 heterocycles. The molecule has 2 rings (SSSR count). The molecule has 0 fully saturated rings. The van der Waals surface area contributed by atoms with Crippen LogP contribution in [-0.2, 0) is 0 Å². The van der Waals surface area contributed by atoms with Crippen molar-refractivity contribution in [1.82, 2.24) is 0 Å². The number of ether oxygens (including phenoxy) is 2. The minimum atomic E-state index is -0.141. The van der Waals surface area contributed by atoms with Gasteiger partial charge in [0.25, 0.3) is 0 Å². The number of hydrogen-bond donors (Lipinski definition) is 1. The van der Waals surface area contributed by atoms with Gasteiger partial charge >= 0.3 is 0 Å². The quantitative estimate of drug-likeness (QED) is 0.641. The molecule has 0 aromatic heterocycles. The van der Waals surface area contributed by atoms with Crippen LogP contribution in [-0.4, -0.2) is 20.0 Å². The summed E-state index contributed by atoms with van der Waals surface area (Å²) in [6.45, 7) is 3.88. The molecule has 0 saturated heterocycles. The molecule has 0 aliphatic rings. The van der Waals surface area contributed by atoms with Crippen molar-refractivity contribution in [2.24, 2.45) is 0 Å². The average Bonchev–Trinajstić information content (AvgIpc) is 2.56. The van der Waals surface area contributed by atoms with Crippen molar-refractivity contribution in [3.63, 3.8) is 0 Å². The van der Waals surface area contributed by atoms with Crippen LogP contribution >= 0.6 is 0 Å². The van der Waals surface area contributed by atoms with E-state index in [2.05, 4.69) is 5.32 Å². The van der Waals surface area contributed by atoms with Gasteiger partial charge in [-0.15, -0.1) is 0 Å². The van der Waals surface area contributed by atoms with Gasteiger partial charge in [0.2, 0.25) is 0 Å². The van der Waals surface area contributed by atoms with E-state index in [4.69, 9.17) is 9.47 Å². The summed E-state index contributed by atoms with van der Waals surface area (Å²) in [6.07, 6.45) is 1.55. The molecule has 2 aromatic carbocycles. The van der Waals surface area contributed by atoms with Crippen LogP contribution < -0.4 is 14.8 Å². The highest BCUT2D eigenvalue weighted by Gasteiger charge is 2.12. The Kier molecular flexibility index (Phi) is 5.41. The average molecular weight is 311 g/mol. The van der Waals surface area contributed by atoms with Gasteiger partial charge < -0.3 is 14.8 Å². The molecule has 120 valence electrons. The van der Waals surface area contributed by atoms with Gasteiger partial charge in [0.15, 0.2) is 5.78 Å². The number of hydrogen-bond acceptors (Lipinski definition) is 4. The first kappa shape index (κ1) is 16.6. The predicted octanol–water partition coefficient (Wildman–Crippen LogP) is 4.21. The van der Waals surface area contributed by atoms with Crippen LogP contribution in [0.2, 0.25) is 0 Å². The number of benzene rings is 2. The second-order valence-corrected chi connectivity index (χ2v) is 5.25. The Balaban J connectivity index is 2.20. The number of rotatable bonds is 6. The Labute approximate surface area is 136 Å².